The number of hydrogen-bond acceptors (Lipinski definition) is 11. The molecule has 4 aromatic heterocycles. The predicted molar refractivity (Wildman–Crippen MR) is 263 cm³/mol. The summed E-state index contributed by atoms with van der Waals surface area (Å²) in [5.41, 5.74) is 1.41. The van der Waals surface area contributed by atoms with Crippen molar-refractivity contribution in [3.8, 4) is 12.0 Å². The van der Waals surface area contributed by atoms with Crippen LogP contribution < -0.4 is 32.0 Å². The summed E-state index contributed by atoms with van der Waals surface area (Å²) in [4.78, 5) is 61.5. The average molecular weight is 980 g/mol. The molecule has 2 aliphatic carbocycles. The molecule has 2 aromatic carbocycles. The zero-order valence-corrected chi connectivity index (χ0v) is 40.9. The van der Waals surface area contributed by atoms with E-state index in [0.717, 1.165) is 54.2 Å². The highest BCUT2D eigenvalue weighted by molar-refractivity contribution is 6.30. The van der Waals surface area contributed by atoms with Crippen molar-refractivity contribution >= 4 is 45.5 Å². The molecule has 2 fully saturated rings. The van der Waals surface area contributed by atoms with Gasteiger partial charge < -0.3 is 24.1 Å². The van der Waals surface area contributed by atoms with Crippen LogP contribution in [0.15, 0.2) is 67.7 Å². The van der Waals surface area contributed by atoms with Crippen molar-refractivity contribution in [1.29, 1.82) is 0 Å². The summed E-state index contributed by atoms with van der Waals surface area (Å²) in [6, 6.07) is 15.3. The topological polar surface area (TPSA) is 181 Å². The van der Waals surface area contributed by atoms with Gasteiger partial charge in [-0.05, 0) is 73.9 Å². The number of nitrogens with zero attached hydrogens (tertiary/aromatic N) is 8. The van der Waals surface area contributed by atoms with Gasteiger partial charge >= 0.3 is 11.4 Å². The van der Waals surface area contributed by atoms with Gasteiger partial charge in [0.05, 0.1) is 38.5 Å². The maximum Gasteiger partial charge on any atom is 0.332 e. The first-order valence-corrected chi connectivity index (χ1v) is 24.7. The van der Waals surface area contributed by atoms with Crippen molar-refractivity contribution in [3.63, 3.8) is 0 Å². The van der Waals surface area contributed by atoms with E-state index < -0.39 is 11.2 Å². The summed E-state index contributed by atoms with van der Waals surface area (Å²) in [5, 5.41) is 10.5. The molecular formula is C49H64Cl2N8O9. The minimum absolute atomic E-state index is 0.118. The van der Waals surface area contributed by atoms with Crippen molar-refractivity contribution in [2.75, 3.05) is 33.0 Å². The number of unbranched alkanes of at least 4 members (excludes halogenated alkanes) is 1. The fraction of sp³-hybridized carbons (Fsp3) is 0.551. The first-order chi connectivity index (χ1) is 33.0. The van der Waals surface area contributed by atoms with Crippen LogP contribution in [-0.4, -0.2) is 87.7 Å². The molecule has 0 amide bonds. The lowest BCUT2D eigenvalue weighted by atomic mass is 9.98. The van der Waals surface area contributed by atoms with E-state index in [1.807, 2.05) is 43.3 Å². The van der Waals surface area contributed by atoms with Crippen LogP contribution in [0.3, 0.4) is 0 Å². The first kappa shape index (κ1) is 50.7. The Bertz CT molecular complexity index is 2640. The lowest BCUT2D eigenvalue weighted by Gasteiger charge is -2.21. The number of imidazole rings is 2. The molecule has 19 heteroatoms. The molecule has 17 nitrogen and oxygen atoms in total. The number of benzene rings is 2. The number of fused-ring (bicyclic) bond motifs is 2. The van der Waals surface area contributed by atoms with Gasteiger partial charge in [-0.3, -0.25) is 37.0 Å². The standard InChI is InChI=1S/C25H33ClN4O4.C24H31ClN4O5/c1-3-4-14-29-23(31)21-22(28(2)25(29)32)27-24(30(21)17-18-10-12-19(26)13-11-18)34-16-15-33-20-8-6-5-7-9-20;1-27-21-20(22(31)28(24(27)32)12-5-13-30)29(16-17-8-10-18(25)11-9-17)23(26-21)34-15-14-33-19-6-3-2-4-7-19/h10-13,20H,3-9,14-17H2,1-2H3;8-11,19,30H,2-7,12-16H2,1H3. The quantitative estimate of drug-likeness (QED) is 0.0792. The maximum atomic E-state index is 13.4. The van der Waals surface area contributed by atoms with Gasteiger partial charge in [0.1, 0.15) is 13.2 Å². The lowest BCUT2D eigenvalue weighted by molar-refractivity contribution is 0.0112. The average Bonchev–Trinajstić information content (AvgIpc) is 3.90. The summed E-state index contributed by atoms with van der Waals surface area (Å²) >= 11 is 12.1. The van der Waals surface area contributed by atoms with Crippen molar-refractivity contribution in [3.05, 3.63) is 111 Å². The Morgan fingerprint density at radius 1 is 0.574 bits per heavy atom. The molecule has 6 aromatic rings. The molecule has 368 valence electrons. The number of aliphatic hydroxyl groups excluding tert-OH is 1. The Labute approximate surface area is 404 Å². The van der Waals surface area contributed by atoms with Crippen LogP contribution in [0.2, 0.25) is 10.0 Å². The van der Waals surface area contributed by atoms with Crippen molar-refractivity contribution in [2.24, 2.45) is 14.1 Å². The number of aryl methyl sites for hydroxylation is 2. The van der Waals surface area contributed by atoms with Gasteiger partial charge in [0.25, 0.3) is 23.1 Å². The summed E-state index contributed by atoms with van der Waals surface area (Å²) in [7, 11) is 3.22. The van der Waals surface area contributed by atoms with E-state index in [9.17, 15) is 24.3 Å². The molecule has 0 bridgehead atoms. The molecule has 2 saturated carbocycles. The molecule has 0 radical (unpaired) electrons. The highest BCUT2D eigenvalue weighted by Gasteiger charge is 2.24. The molecule has 68 heavy (non-hydrogen) atoms. The van der Waals surface area contributed by atoms with Crippen LogP contribution in [0.1, 0.15) is 102 Å². The second-order valence-electron chi connectivity index (χ2n) is 17.5. The molecule has 0 atom stereocenters. The number of halogens is 2. The van der Waals surface area contributed by atoms with E-state index in [1.165, 1.54) is 52.2 Å². The van der Waals surface area contributed by atoms with E-state index in [4.69, 9.17) is 42.1 Å². The second kappa shape index (κ2) is 24.4. The number of hydrogen-bond donors (Lipinski definition) is 1. The molecule has 1 N–H and O–H groups in total. The number of rotatable bonds is 20. The molecule has 2 aliphatic rings. The van der Waals surface area contributed by atoms with Crippen LogP contribution in [-0.2, 0) is 49.7 Å². The lowest BCUT2D eigenvalue weighted by Crippen LogP contribution is -2.39. The first-order valence-electron chi connectivity index (χ1n) is 24.0. The van der Waals surface area contributed by atoms with E-state index in [0.29, 0.717) is 73.1 Å². The van der Waals surface area contributed by atoms with Gasteiger partial charge in [-0.15, -0.1) is 0 Å². The normalized spacial score (nSPS) is 14.7. The Hall–Kier alpha value is -5.20. The number of aromatic nitrogens is 8. The zero-order chi connectivity index (χ0) is 48.2. The Morgan fingerprint density at radius 2 is 0.971 bits per heavy atom. The monoisotopic (exact) mass is 978 g/mol. The molecule has 0 aliphatic heterocycles. The van der Waals surface area contributed by atoms with Crippen molar-refractivity contribution in [2.45, 2.75) is 129 Å². The Morgan fingerprint density at radius 3 is 1.35 bits per heavy atom. The van der Waals surface area contributed by atoms with Crippen LogP contribution >= 0.6 is 23.2 Å². The smallest absolute Gasteiger partial charge is 0.332 e. The second-order valence-corrected chi connectivity index (χ2v) is 18.4. The minimum Gasteiger partial charge on any atom is -0.462 e. The van der Waals surface area contributed by atoms with Crippen molar-refractivity contribution < 1.29 is 24.1 Å². The molecular weight excluding hydrogens is 915 g/mol. The van der Waals surface area contributed by atoms with E-state index >= 15 is 0 Å². The third kappa shape index (κ3) is 12.3. The highest BCUT2D eigenvalue weighted by atomic mass is 35.5. The number of aliphatic hydroxyl groups is 1. The van der Waals surface area contributed by atoms with Gasteiger partial charge in [0, 0.05) is 43.8 Å². The Kier molecular flexibility index (Phi) is 18.2. The van der Waals surface area contributed by atoms with Gasteiger partial charge in [0.2, 0.25) is 0 Å². The summed E-state index contributed by atoms with van der Waals surface area (Å²) in [5.74, 6) is 0. The van der Waals surface area contributed by atoms with Gasteiger partial charge in [-0.25, -0.2) is 9.59 Å². The largest absolute Gasteiger partial charge is 0.462 e. The fourth-order valence-electron chi connectivity index (χ4n) is 8.86. The third-order valence-corrected chi connectivity index (χ3v) is 13.1. The predicted octanol–water partition coefficient (Wildman–Crippen LogP) is 6.84. The maximum absolute atomic E-state index is 13.4. The highest BCUT2D eigenvalue weighted by Crippen LogP contribution is 2.25. The molecule has 0 spiro atoms. The zero-order valence-electron chi connectivity index (χ0n) is 39.4. The van der Waals surface area contributed by atoms with E-state index in [2.05, 4.69) is 9.97 Å². The van der Waals surface area contributed by atoms with Gasteiger partial charge in [0.15, 0.2) is 22.3 Å². The van der Waals surface area contributed by atoms with Crippen LogP contribution in [0, 0.1) is 0 Å². The van der Waals surface area contributed by atoms with Gasteiger partial charge in [-0.2, -0.15) is 9.97 Å². The van der Waals surface area contributed by atoms with Crippen LogP contribution in [0.5, 0.6) is 12.0 Å². The summed E-state index contributed by atoms with van der Waals surface area (Å²) < 4.78 is 32.6. The van der Waals surface area contributed by atoms with Crippen molar-refractivity contribution in [1.82, 2.24) is 37.4 Å². The molecule has 0 unspecified atom stereocenters. The van der Waals surface area contributed by atoms with Crippen LogP contribution in [0.4, 0.5) is 0 Å². The molecule has 4 heterocycles. The molecule has 8 rings (SSSR count). The Balaban J connectivity index is 0.000000201. The van der Waals surface area contributed by atoms with E-state index in [1.54, 1.807) is 35.4 Å². The fourth-order valence-corrected chi connectivity index (χ4v) is 9.11. The van der Waals surface area contributed by atoms with Gasteiger partial charge in [-0.1, -0.05) is 99.3 Å². The summed E-state index contributed by atoms with van der Waals surface area (Å²) in [6.07, 6.45) is 14.2. The molecule has 0 saturated heterocycles. The minimum atomic E-state index is -0.478. The van der Waals surface area contributed by atoms with Crippen LogP contribution in [0.25, 0.3) is 22.3 Å². The summed E-state index contributed by atoms with van der Waals surface area (Å²) in [6.45, 7) is 4.57. The number of ether oxygens (including phenoxy) is 4. The SMILES string of the molecule is CCCCn1c(=O)c2c(nc(OCCOC3CCCCC3)n2Cc2ccc(Cl)cc2)n(C)c1=O.Cn1c(=O)n(CCCO)c(=O)c2c1nc(OCCOC1CCCCC1)n2Cc1ccc(Cl)cc1. The third-order valence-electron chi connectivity index (χ3n) is 12.6. The van der Waals surface area contributed by atoms with E-state index in [-0.39, 0.29) is 60.4 Å².